The number of nitrogens with zero attached hydrogens (tertiary/aromatic N) is 2. The van der Waals surface area contributed by atoms with Crippen molar-refractivity contribution in [2.24, 2.45) is 0 Å². The van der Waals surface area contributed by atoms with E-state index in [-0.39, 0.29) is 0 Å². The Morgan fingerprint density at radius 1 is 0.645 bits per heavy atom. The molecule has 0 amide bonds. The first-order chi connectivity index (χ1) is 15.4. The summed E-state index contributed by atoms with van der Waals surface area (Å²) in [4.78, 5) is 4.73. The van der Waals surface area contributed by atoms with Crippen LogP contribution in [-0.2, 0) is 12.8 Å². The van der Waals surface area contributed by atoms with Crippen molar-refractivity contribution in [1.82, 2.24) is 9.38 Å². The van der Waals surface area contributed by atoms with Crippen LogP contribution in [0.25, 0.3) is 49.6 Å². The molecule has 2 aliphatic carbocycles. The van der Waals surface area contributed by atoms with Crippen LogP contribution in [0.1, 0.15) is 22.3 Å². The molecule has 2 aliphatic rings. The Labute approximate surface area is 179 Å². The highest BCUT2D eigenvalue weighted by Crippen LogP contribution is 2.49. The molecule has 31 heavy (non-hydrogen) atoms. The topological polar surface area (TPSA) is 17.3 Å². The molecule has 144 valence electrons. The smallest absolute Gasteiger partial charge is 0.145 e. The molecule has 2 heterocycles. The first-order valence-electron chi connectivity index (χ1n) is 10.9. The number of benzene rings is 4. The van der Waals surface area contributed by atoms with Gasteiger partial charge >= 0.3 is 0 Å². The van der Waals surface area contributed by atoms with Crippen LogP contribution in [0.3, 0.4) is 0 Å². The van der Waals surface area contributed by atoms with E-state index >= 15 is 0 Å². The van der Waals surface area contributed by atoms with Crippen LogP contribution in [0.15, 0.2) is 85.2 Å². The lowest BCUT2D eigenvalue weighted by molar-refractivity contribution is 1.16. The van der Waals surface area contributed by atoms with Gasteiger partial charge in [-0.2, -0.15) is 0 Å². The van der Waals surface area contributed by atoms with Crippen molar-refractivity contribution >= 4 is 27.3 Å². The minimum absolute atomic E-state index is 1.02. The van der Waals surface area contributed by atoms with Crippen molar-refractivity contribution in [2.75, 3.05) is 0 Å². The maximum atomic E-state index is 4.73. The van der Waals surface area contributed by atoms with Gasteiger partial charge in [0, 0.05) is 28.6 Å². The monoisotopic (exact) mass is 394 g/mol. The van der Waals surface area contributed by atoms with Crippen molar-refractivity contribution in [3.63, 3.8) is 0 Å². The second-order valence-electron chi connectivity index (χ2n) is 8.79. The summed E-state index contributed by atoms with van der Waals surface area (Å²) in [7, 11) is 0. The van der Waals surface area contributed by atoms with Gasteiger partial charge in [0.05, 0.1) is 5.52 Å². The van der Waals surface area contributed by atoms with E-state index in [1.165, 1.54) is 66.2 Å². The molecule has 2 nitrogen and oxygen atoms in total. The van der Waals surface area contributed by atoms with Gasteiger partial charge in [0.1, 0.15) is 5.65 Å². The third-order valence-electron chi connectivity index (χ3n) is 7.35. The van der Waals surface area contributed by atoms with Gasteiger partial charge in [-0.15, -0.1) is 0 Å². The van der Waals surface area contributed by atoms with E-state index < -0.39 is 0 Å². The molecule has 0 atom stereocenters. The SMILES string of the molecule is c1ccc2c(c1)Cc1c-2ccc2c1Cc1ccc3c(c1-2)c1ccccc1n1ccnc31. The summed E-state index contributed by atoms with van der Waals surface area (Å²) in [6.07, 6.45) is 6.05. The molecule has 0 fully saturated rings. The number of hydrogen-bond donors (Lipinski definition) is 0. The van der Waals surface area contributed by atoms with Gasteiger partial charge in [0.25, 0.3) is 0 Å². The Kier molecular flexibility index (Phi) is 2.77. The van der Waals surface area contributed by atoms with Gasteiger partial charge < -0.3 is 0 Å². The van der Waals surface area contributed by atoms with Crippen LogP contribution in [0.4, 0.5) is 0 Å². The molecule has 8 rings (SSSR count). The van der Waals surface area contributed by atoms with Crippen LogP contribution < -0.4 is 0 Å². The van der Waals surface area contributed by atoms with Gasteiger partial charge in [0.2, 0.25) is 0 Å². The molecule has 0 bridgehead atoms. The normalized spacial score (nSPS) is 13.5. The quantitative estimate of drug-likeness (QED) is 0.259. The average Bonchev–Trinajstić information content (AvgIpc) is 3.53. The first kappa shape index (κ1) is 15.9. The number of rotatable bonds is 0. The average molecular weight is 394 g/mol. The van der Waals surface area contributed by atoms with Crippen molar-refractivity contribution in [2.45, 2.75) is 12.8 Å². The molecule has 0 N–H and O–H groups in total. The fourth-order valence-electron chi connectivity index (χ4n) is 6.06. The number of para-hydroxylation sites is 1. The highest BCUT2D eigenvalue weighted by molar-refractivity contribution is 6.19. The van der Waals surface area contributed by atoms with Crippen molar-refractivity contribution in [3.05, 3.63) is 107 Å². The van der Waals surface area contributed by atoms with Crippen molar-refractivity contribution in [1.29, 1.82) is 0 Å². The molecule has 0 saturated heterocycles. The van der Waals surface area contributed by atoms with Crippen molar-refractivity contribution in [3.8, 4) is 22.3 Å². The lowest BCUT2D eigenvalue weighted by Gasteiger charge is -2.13. The zero-order chi connectivity index (χ0) is 20.1. The van der Waals surface area contributed by atoms with E-state index in [9.17, 15) is 0 Å². The second-order valence-corrected chi connectivity index (χ2v) is 8.79. The van der Waals surface area contributed by atoms with E-state index in [1.54, 1.807) is 0 Å². The lowest BCUT2D eigenvalue weighted by atomic mass is 9.93. The van der Waals surface area contributed by atoms with Gasteiger partial charge in [0.15, 0.2) is 0 Å². The predicted molar refractivity (Wildman–Crippen MR) is 127 cm³/mol. The molecule has 0 unspecified atom stereocenters. The summed E-state index contributed by atoms with van der Waals surface area (Å²) < 4.78 is 2.22. The summed E-state index contributed by atoms with van der Waals surface area (Å²) in [5.74, 6) is 0. The fourth-order valence-corrected chi connectivity index (χ4v) is 6.06. The number of pyridine rings is 1. The van der Waals surface area contributed by atoms with E-state index in [4.69, 9.17) is 4.98 Å². The number of hydrogen-bond acceptors (Lipinski definition) is 1. The molecule has 0 spiro atoms. The molecular formula is C29H18N2. The molecule has 0 aliphatic heterocycles. The highest BCUT2D eigenvalue weighted by atomic mass is 15.0. The third-order valence-corrected chi connectivity index (χ3v) is 7.35. The summed E-state index contributed by atoms with van der Waals surface area (Å²) in [5, 5.41) is 3.89. The number of fused-ring (bicyclic) bond motifs is 14. The summed E-state index contributed by atoms with van der Waals surface area (Å²) in [5.41, 5.74) is 13.8. The molecule has 0 saturated carbocycles. The predicted octanol–water partition coefficient (Wildman–Crippen LogP) is 6.78. The Balaban J connectivity index is 1.51. The maximum absolute atomic E-state index is 4.73. The third kappa shape index (κ3) is 1.87. The minimum atomic E-state index is 1.02. The zero-order valence-electron chi connectivity index (χ0n) is 16.9. The molecule has 2 heteroatoms. The summed E-state index contributed by atoms with van der Waals surface area (Å²) in [6.45, 7) is 0. The number of aromatic nitrogens is 2. The molecule has 6 aromatic rings. The summed E-state index contributed by atoms with van der Waals surface area (Å²) >= 11 is 0. The van der Waals surface area contributed by atoms with Gasteiger partial charge in [-0.1, -0.05) is 66.7 Å². The molecule has 4 aromatic carbocycles. The van der Waals surface area contributed by atoms with E-state index in [2.05, 4.69) is 83.4 Å². The van der Waals surface area contributed by atoms with Crippen LogP contribution in [0.5, 0.6) is 0 Å². The highest BCUT2D eigenvalue weighted by Gasteiger charge is 2.29. The first-order valence-corrected chi connectivity index (χ1v) is 10.9. The zero-order valence-corrected chi connectivity index (χ0v) is 16.9. The molecule has 0 radical (unpaired) electrons. The van der Waals surface area contributed by atoms with E-state index in [0.717, 1.165) is 18.5 Å². The Bertz CT molecular complexity index is 1740. The minimum Gasteiger partial charge on any atom is -0.299 e. The Hall–Kier alpha value is -3.91. The Morgan fingerprint density at radius 3 is 2.45 bits per heavy atom. The van der Waals surface area contributed by atoms with Gasteiger partial charge in [-0.05, 0) is 63.4 Å². The van der Waals surface area contributed by atoms with Crippen molar-refractivity contribution < 1.29 is 0 Å². The van der Waals surface area contributed by atoms with Crippen LogP contribution in [0.2, 0.25) is 0 Å². The standard InChI is InChI=1S/C29H18N2/c1-2-6-19-17(5-1)15-24-20(19)11-12-21-25(24)16-18-9-10-23-28(27(18)21)22-7-3-4-8-26(22)31-14-13-30-29(23)31/h1-14H,15-16H2. The lowest BCUT2D eigenvalue weighted by Crippen LogP contribution is -1.93. The second kappa shape index (κ2) is 5.41. The van der Waals surface area contributed by atoms with Crippen LogP contribution in [-0.4, -0.2) is 9.38 Å². The van der Waals surface area contributed by atoms with Crippen LogP contribution in [0, 0.1) is 0 Å². The maximum Gasteiger partial charge on any atom is 0.145 e. The van der Waals surface area contributed by atoms with Gasteiger partial charge in [-0.25, -0.2) is 4.98 Å². The van der Waals surface area contributed by atoms with E-state index in [1.807, 2.05) is 6.20 Å². The van der Waals surface area contributed by atoms with E-state index in [0.29, 0.717) is 0 Å². The molecule has 2 aromatic heterocycles. The van der Waals surface area contributed by atoms with Crippen LogP contribution >= 0.6 is 0 Å². The fraction of sp³-hybridized carbons (Fsp3) is 0.0690. The summed E-state index contributed by atoms with van der Waals surface area (Å²) in [6, 6.07) is 26.9. The molecular weight excluding hydrogens is 376 g/mol. The number of imidazole rings is 1. The Morgan fingerprint density at radius 2 is 1.45 bits per heavy atom. The largest absolute Gasteiger partial charge is 0.299 e. The van der Waals surface area contributed by atoms with Gasteiger partial charge in [-0.3, -0.25) is 4.40 Å².